The van der Waals surface area contributed by atoms with Gasteiger partial charge in [-0.3, -0.25) is 4.90 Å². The van der Waals surface area contributed by atoms with E-state index in [1.54, 1.807) is 0 Å². The Morgan fingerprint density at radius 1 is 0.962 bits per heavy atom. The normalized spacial score (nSPS) is 21.3. The second-order valence-electron chi connectivity index (χ2n) is 8.05. The Bertz CT molecular complexity index is 685. The molecule has 0 atom stereocenters. The van der Waals surface area contributed by atoms with Crippen molar-refractivity contribution in [1.82, 2.24) is 19.6 Å². The molecule has 4 rings (SSSR count). The second kappa shape index (κ2) is 7.91. The molecule has 2 fully saturated rings. The van der Waals surface area contributed by atoms with Crippen LogP contribution in [0.25, 0.3) is 5.69 Å². The van der Waals surface area contributed by atoms with Crippen molar-refractivity contribution >= 4 is 0 Å². The van der Waals surface area contributed by atoms with E-state index < -0.39 is 0 Å². The first-order chi connectivity index (χ1) is 12.8. The van der Waals surface area contributed by atoms with Gasteiger partial charge in [0.2, 0.25) is 0 Å². The summed E-state index contributed by atoms with van der Waals surface area (Å²) in [7, 11) is 0. The number of benzene rings is 1. The van der Waals surface area contributed by atoms with Crippen LogP contribution in [0.5, 0.6) is 0 Å². The van der Waals surface area contributed by atoms with Gasteiger partial charge >= 0.3 is 0 Å². The van der Waals surface area contributed by atoms with Crippen molar-refractivity contribution in [3.63, 3.8) is 0 Å². The number of rotatable bonds is 6. The molecule has 0 bridgehead atoms. The number of likely N-dealkylation sites (tertiary alicyclic amines) is 2. The Kier molecular flexibility index (Phi) is 5.38. The van der Waals surface area contributed by atoms with Crippen LogP contribution in [0, 0.1) is 5.41 Å². The Hall–Kier alpha value is -1.69. The summed E-state index contributed by atoms with van der Waals surface area (Å²) in [6.45, 7) is 6.88. The molecular weight excluding hydrogens is 324 g/mol. The highest BCUT2D eigenvalue weighted by molar-refractivity contribution is 5.30. The van der Waals surface area contributed by atoms with E-state index in [-0.39, 0.29) is 5.41 Å². The smallest absolute Gasteiger partial charge is 0.0645 e. The Labute approximate surface area is 156 Å². The molecule has 2 aliphatic heterocycles. The molecule has 0 spiro atoms. The predicted octanol–water partition coefficient (Wildman–Crippen LogP) is 2.54. The van der Waals surface area contributed by atoms with Crippen molar-refractivity contribution in [3.8, 4) is 5.69 Å². The van der Waals surface area contributed by atoms with Crippen molar-refractivity contribution in [2.24, 2.45) is 5.41 Å². The average molecular weight is 354 g/mol. The summed E-state index contributed by atoms with van der Waals surface area (Å²) < 4.78 is 1.95. The molecule has 1 N–H and O–H groups in total. The summed E-state index contributed by atoms with van der Waals surface area (Å²) in [5, 5.41) is 14.6. The summed E-state index contributed by atoms with van der Waals surface area (Å²) in [6, 6.07) is 10.3. The summed E-state index contributed by atoms with van der Waals surface area (Å²) in [4.78, 5) is 5.06. The van der Waals surface area contributed by atoms with Gasteiger partial charge < -0.3 is 10.0 Å². The van der Waals surface area contributed by atoms with Gasteiger partial charge in [-0.15, -0.1) is 0 Å². The van der Waals surface area contributed by atoms with Crippen molar-refractivity contribution in [3.05, 3.63) is 48.3 Å². The second-order valence-corrected chi connectivity index (χ2v) is 8.05. The van der Waals surface area contributed by atoms with Crippen LogP contribution >= 0.6 is 0 Å². The standard InChI is InChI=1S/C21H30N4O/c26-18-21(17-24-10-4-5-11-24)8-12-23(13-9-21)15-19-14-22-25(16-19)20-6-2-1-3-7-20/h1-3,6-7,14,16,26H,4-5,8-13,15,17-18H2. The van der Waals surface area contributed by atoms with E-state index >= 15 is 0 Å². The van der Waals surface area contributed by atoms with E-state index in [2.05, 4.69) is 33.2 Å². The molecular formula is C21H30N4O. The van der Waals surface area contributed by atoms with E-state index in [0.717, 1.165) is 44.7 Å². The molecule has 2 aliphatic rings. The molecule has 0 unspecified atom stereocenters. The van der Waals surface area contributed by atoms with Crippen LogP contribution in [0.1, 0.15) is 31.2 Å². The maximum absolute atomic E-state index is 10.0. The fraction of sp³-hybridized carbons (Fsp3) is 0.571. The fourth-order valence-corrected chi connectivity index (χ4v) is 4.39. The Morgan fingerprint density at radius 2 is 1.69 bits per heavy atom. The summed E-state index contributed by atoms with van der Waals surface area (Å²) in [6.07, 6.45) is 8.93. The lowest BCUT2D eigenvalue weighted by molar-refractivity contribution is 0.0165. The lowest BCUT2D eigenvalue weighted by atomic mass is 9.78. The minimum Gasteiger partial charge on any atom is -0.396 e. The maximum Gasteiger partial charge on any atom is 0.0645 e. The number of aromatic nitrogens is 2. The number of hydrogen-bond donors (Lipinski definition) is 1. The van der Waals surface area contributed by atoms with E-state index in [4.69, 9.17) is 0 Å². The van der Waals surface area contributed by atoms with Crippen LogP contribution in [-0.2, 0) is 6.54 Å². The van der Waals surface area contributed by atoms with Gasteiger partial charge in [-0.25, -0.2) is 4.68 Å². The number of nitrogens with zero attached hydrogens (tertiary/aromatic N) is 4. The van der Waals surface area contributed by atoms with E-state index in [0.29, 0.717) is 6.61 Å². The van der Waals surface area contributed by atoms with Gasteiger partial charge in [-0.05, 0) is 64.0 Å². The van der Waals surface area contributed by atoms with Crippen LogP contribution < -0.4 is 0 Å². The molecule has 26 heavy (non-hydrogen) atoms. The monoisotopic (exact) mass is 354 g/mol. The first-order valence-electron chi connectivity index (χ1n) is 9.91. The molecule has 0 saturated carbocycles. The van der Waals surface area contributed by atoms with Gasteiger partial charge in [0.1, 0.15) is 0 Å². The topological polar surface area (TPSA) is 44.5 Å². The van der Waals surface area contributed by atoms with E-state index in [1.807, 2.05) is 29.1 Å². The van der Waals surface area contributed by atoms with Crippen LogP contribution in [0.2, 0.25) is 0 Å². The SMILES string of the molecule is OCC1(CN2CCCC2)CCN(Cc2cnn(-c3ccccc3)c2)CC1. The highest BCUT2D eigenvalue weighted by atomic mass is 16.3. The average Bonchev–Trinajstić information content (AvgIpc) is 3.36. The highest BCUT2D eigenvalue weighted by Crippen LogP contribution is 2.33. The number of aliphatic hydroxyl groups excluding tert-OH is 1. The third kappa shape index (κ3) is 4.00. The third-order valence-electron chi connectivity index (χ3n) is 6.07. The molecule has 140 valence electrons. The Balaban J connectivity index is 1.33. The summed E-state index contributed by atoms with van der Waals surface area (Å²) in [5.41, 5.74) is 2.46. The van der Waals surface area contributed by atoms with Gasteiger partial charge in [-0.1, -0.05) is 18.2 Å². The molecule has 0 radical (unpaired) electrons. The van der Waals surface area contributed by atoms with Crippen LogP contribution in [0.15, 0.2) is 42.7 Å². The highest BCUT2D eigenvalue weighted by Gasteiger charge is 2.36. The minimum atomic E-state index is 0.106. The molecule has 0 amide bonds. The van der Waals surface area contributed by atoms with Crippen molar-refractivity contribution in [2.75, 3.05) is 39.3 Å². The van der Waals surface area contributed by atoms with Gasteiger partial charge in [0.05, 0.1) is 18.5 Å². The van der Waals surface area contributed by atoms with Crippen molar-refractivity contribution < 1.29 is 5.11 Å². The molecule has 0 aliphatic carbocycles. The quantitative estimate of drug-likeness (QED) is 0.866. The van der Waals surface area contributed by atoms with Gasteiger partial charge in [0.25, 0.3) is 0 Å². The Morgan fingerprint density at radius 3 is 2.38 bits per heavy atom. The van der Waals surface area contributed by atoms with Crippen LogP contribution in [0.3, 0.4) is 0 Å². The first-order valence-corrected chi connectivity index (χ1v) is 9.91. The number of para-hydroxylation sites is 1. The lowest BCUT2D eigenvalue weighted by Crippen LogP contribution is -2.47. The van der Waals surface area contributed by atoms with Crippen LogP contribution in [-0.4, -0.2) is 64.0 Å². The van der Waals surface area contributed by atoms with E-state index in [9.17, 15) is 5.11 Å². The molecule has 1 aromatic carbocycles. The van der Waals surface area contributed by atoms with E-state index in [1.165, 1.54) is 31.5 Å². The molecule has 2 aromatic rings. The minimum absolute atomic E-state index is 0.106. The van der Waals surface area contributed by atoms with Gasteiger partial charge in [0, 0.05) is 30.3 Å². The third-order valence-corrected chi connectivity index (χ3v) is 6.07. The summed E-state index contributed by atoms with van der Waals surface area (Å²) in [5.74, 6) is 0. The molecule has 2 saturated heterocycles. The lowest BCUT2D eigenvalue weighted by Gasteiger charge is -2.42. The number of aliphatic hydroxyl groups is 1. The van der Waals surface area contributed by atoms with Crippen molar-refractivity contribution in [2.45, 2.75) is 32.2 Å². The van der Waals surface area contributed by atoms with Crippen LogP contribution in [0.4, 0.5) is 0 Å². The van der Waals surface area contributed by atoms with Crippen molar-refractivity contribution in [1.29, 1.82) is 0 Å². The van der Waals surface area contributed by atoms with Gasteiger partial charge in [-0.2, -0.15) is 5.10 Å². The maximum atomic E-state index is 10.0. The largest absolute Gasteiger partial charge is 0.396 e. The molecule has 1 aromatic heterocycles. The molecule has 5 heteroatoms. The first kappa shape index (κ1) is 17.7. The number of piperidine rings is 1. The predicted molar refractivity (Wildman–Crippen MR) is 103 cm³/mol. The number of hydrogen-bond acceptors (Lipinski definition) is 4. The van der Waals surface area contributed by atoms with Gasteiger partial charge in [0.15, 0.2) is 0 Å². The molecule has 3 heterocycles. The zero-order valence-electron chi connectivity index (χ0n) is 15.6. The zero-order valence-corrected chi connectivity index (χ0v) is 15.6. The fourth-order valence-electron chi connectivity index (χ4n) is 4.39. The molecule has 5 nitrogen and oxygen atoms in total. The zero-order chi connectivity index (χ0) is 17.8. The summed E-state index contributed by atoms with van der Waals surface area (Å²) >= 11 is 0.